The van der Waals surface area contributed by atoms with Gasteiger partial charge in [0, 0.05) is 27.1 Å². The van der Waals surface area contributed by atoms with E-state index < -0.39 is 0 Å². The van der Waals surface area contributed by atoms with Crippen molar-refractivity contribution in [3.8, 4) is 0 Å². The van der Waals surface area contributed by atoms with Gasteiger partial charge in [-0.3, -0.25) is 4.79 Å². The number of rotatable bonds is 4. The van der Waals surface area contributed by atoms with Crippen molar-refractivity contribution >= 4 is 33.0 Å². The molecule has 15 heavy (non-hydrogen) atoms. The van der Waals surface area contributed by atoms with Crippen LogP contribution >= 0.6 is 27.3 Å². The summed E-state index contributed by atoms with van der Waals surface area (Å²) < 4.78 is 1.14. The Morgan fingerprint density at radius 2 is 2.20 bits per heavy atom. The fourth-order valence-electron chi connectivity index (χ4n) is 2.18. The lowest BCUT2D eigenvalue weighted by molar-refractivity contribution is -0.122. The van der Waals surface area contributed by atoms with E-state index >= 15 is 0 Å². The van der Waals surface area contributed by atoms with Crippen LogP contribution < -0.4 is 0 Å². The highest BCUT2D eigenvalue weighted by Gasteiger charge is 2.21. The number of halogens is 1. The number of carbonyl (C=O) groups excluding carboxylic acids is 1. The summed E-state index contributed by atoms with van der Waals surface area (Å²) in [6.07, 6.45) is 6.42. The van der Waals surface area contributed by atoms with Crippen molar-refractivity contribution in [1.29, 1.82) is 0 Å². The molecule has 2 rings (SSSR count). The minimum atomic E-state index is 0.383. The second-order valence-electron chi connectivity index (χ2n) is 4.18. The molecule has 82 valence electrons. The van der Waals surface area contributed by atoms with Gasteiger partial charge in [-0.15, -0.1) is 11.3 Å². The van der Waals surface area contributed by atoms with E-state index in [9.17, 15) is 4.79 Å². The van der Waals surface area contributed by atoms with Gasteiger partial charge in [0.2, 0.25) is 0 Å². The quantitative estimate of drug-likeness (QED) is 0.811. The van der Waals surface area contributed by atoms with Crippen molar-refractivity contribution in [2.75, 3.05) is 0 Å². The Kier molecular flexibility index (Phi) is 3.98. The third-order valence-corrected chi connectivity index (χ3v) is 4.81. The van der Waals surface area contributed by atoms with E-state index in [2.05, 4.69) is 27.4 Å². The Morgan fingerprint density at radius 1 is 1.47 bits per heavy atom. The summed E-state index contributed by atoms with van der Waals surface area (Å²) in [5.41, 5.74) is 0. The summed E-state index contributed by atoms with van der Waals surface area (Å²) in [7, 11) is 0. The highest BCUT2D eigenvalue weighted by atomic mass is 79.9. The van der Waals surface area contributed by atoms with E-state index in [0.717, 1.165) is 30.2 Å². The molecule has 0 aromatic carbocycles. The molecule has 1 aromatic heterocycles. The molecule has 0 saturated heterocycles. The minimum absolute atomic E-state index is 0.383. The smallest absolute Gasteiger partial charge is 0.136 e. The van der Waals surface area contributed by atoms with Crippen molar-refractivity contribution in [2.45, 2.75) is 38.5 Å². The second-order valence-corrected chi connectivity index (χ2v) is 6.09. The molecule has 1 saturated carbocycles. The molecule has 0 radical (unpaired) electrons. The lowest BCUT2D eigenvalue weighted by Crippen LogP contribution is -2.10. The Balaban J connectivity index is 1.80. The van der Waals surface area contributed by atoms with Crippen LogP contribution in [0.4, 0.5) is 0 Å². The van der Waals surface area contributed by atoms with Gasteiger partial charge < -0.3 is 0 Å². The van der Waals surface area contributed by atoms with Gasteiger partial charge >= 0.3 is 0 Å². The average Bonchev–Trinajstić information content (AvgIpc) is 2.84. The van der Waals surface area contributed by atoms with Crippen LogP contribution in [0.15, 0.2) is 15.9 Å². The lowest BCUT2D eigenvalue weighted by Gasteiger charge is -2.06. The zero-order valence-electron chi connectivity index (χ0n) is 8.67. The fourth-order valence-corrected chi connectivity index (χ4v) is 3.64. The summed E-state index contributed by atoms with van der Waals surface area (Å²) in [6, 6.07) is 2.12. The predicted molar refractivity (Wildman–Crippen MR) is 67.3 cm³/mol. The first-order chi connectivity index (χ1) is 7.25. The molecule has 0 atom stereocenters. The van der Waals surface area contributed by atoms with E-state index in [1.807, 2.05) is 0 Å². The number of carbonyl (C=O) groups is 1. The van der Waals surface area contributed by atoms with Gasteiger partial charge in [0.05, 0.1) is 0 Å². The van der Waals surface area contributed by atoms with Crippen LogP contribution in [0.1, 0.15) is 37.0 Å². The minimum Gasteiger partial charge on any atom is -0.299 e. The highest BCUT2D eigenvalue weighted by Crippen LogP contribution is 2.27. The second kappa shape index (κ2) is 5.26. The van der Waals surface area contributed by atoms with E-state index in [1.165, 1.54) is 17.7 Å². The highest BCUT2D eigenvalue weighted by molar-refractivity contribution is 9.10. The first-order valence-corrected chi connectivity index (χ1v) is 7.18. The number of aryl methyl sites for hydroxylation is 1. The van der Waals surface area contributed by atoms with Crippen LogP contribution in [0.5, 0.6) is 0 Å². The molecule has 1 nitrogen and oxygen atoms in total. The van der Waals surface area contributed by atoms with Gasteiger partial charge in [-0.1, -0.05) is 12.8 Å². The molecular formula is C12H15BrOS. The van der Waals surface area contributed by atoms with Gasteiger partial charge in [-0.25, -0.2) is 0 Å². The third kappa shape index (κ3) is 3.15. The molecular weight excluding hydrogens is 272 g/mol. The van der Waals surface area contributed by atoms with Crippen LogP contribution in [0.3, 0.4) is 0 Å². The van der Waals surface area contributed by atoms with E-state index in [-0.39, 0.29) is 0 Å². The first kappa shape index (κ1) is 11.3. The van der Waals surface area contributed by atoms with Gasteiger partial charge in [0.1, 0.15) is 5.78 Å². The summed E-state index contributed by atoms with van der Waals surface area (Å²) in [4.78, 5) is 13.1. The standard InChI is InChI=1S/C12H15BrOS/c13-10-7-11(15-8-10)5-6-12(14)9-3-1-2-4-9/h7-9H,1-6H2. The van der Waals surface area contributed by atoms with E-state index in [4.69, 9.17) is 0 Å². The summed E-state index contributed by atoms with van der Waals surface area (Å²) in [5, 5.41) is 2.08. The molecule has 0 amide bonds. The zero-order valence-corrected chi connectivity index (χ0v) is 11.1. The first-order valence-electron chi connectivity index (χ1n) is 5.51. The Morgan fingerprint density at radius 3 is 2.80 bits per heavy atom. The Labute approximate surface area is 103 Å². The number of hydrogen-bond donors (Lipinski definition) is 0. The van der Waals surface area contributed by atoms with E-state index in [0.29, 0.717) is 11.7 Å². The maximum Gasteiger partial charge on any atom is 0.136 e. The summed E-state index contributed by atoms with van der Waals surface area (Å²) in [5.74, 6) is 0.866. The van der Waals surface area contributed by atoms with Gasteiger partial charge in [0.15, 0.2) is 0 Å². The van der Waals surface area contributed by atoms with Crippen LogP contribution in [0, 0.1) is 5.92 Å². The number of ketones is 1. The van der Waals surface area contributed by atoms with Crippen LogP contribution in [0.2, 0.25) is 0 Å². The molecule has 1 heterocycles. The van der Waals surface area contributed by atoms with Crippen LogP contribution in [-0.4, -0.2) is 5.78 Å². The largest absolute Gasteiger partial charge is 0.299 e. The van der Waals surface area contributed by atoms with Crippen LogP contribution in [0.25, 0.3) is 0 Å². The molecule has 1 aliphatic carbocycles. The number of Topliss-reactive ketones (excluding diaryl/α,β-unsaturated/α-hetero) is 1. The molecule has 0 aliphatic heterocycles. The molecule has 1 fully saturated rings. The number of hydrogen-bond acceptors (Lipinski definition) is 2. The van der Waals surface area contributed by atoms with Gasteiger partial charge in [-0.05, 0) is 41.3 Å². The SMILES string of the molecule is O=C(CCc1cc(Br)cs1)C1CCCC1. The molecule has 1 aromatic rings. The summed E-state index contributed by atoms with van der Waals surface area (Å²) >= 11 is 5.17. The molecule has 0 spiro atoms. The van der Waals surface area contributed by atoms with Gasteiger partial charge in [-0.2, -0.15) is 0 Å². The van der Waals surface area contributed by atoms with Crippen molar-refractivity contribution in [3.05, 3.63) is 20.8 Å². The topological polar surface area (TPSA) is 17.1 Å². The fraction of sp³-hybridized carbons (Fsp3) is 0.583. The average molecular weight is 287 g/mol. The summed E-state index contributed by atoms with van der Waals surface area (Å²) in [6.45, 7) is 0. The normalized spacial score (nSPS) is 17.1. The molecule has 1 aliphatic rings. The van der Waals surface area contributed by atoms with Crippen molar-refractivity contribution in [1.82, 2.24) is 0 Å². The predicted octanol–water partition coefficient (Wildman–Crippen LogP) is 4.20. The molecule has 0 unspecified atom stereocenters. The van der Waals surface area contributed by atoms with Gasteiger partial charge in [0.25, 0.3) is 0 Å². The van der Waals surface area contributed by atoms with Crippen molar-refractivity contribution in [3.63, 3.8) is 0 Å². The number of thiophene rings is 1. The van der Waals surface area contributed by atoms with E-state index in [1.54, 1.807) is 11.3 Å². The van der Waals surface area contributed by atoms with Crippen molar-refractivity contribution < 1.29 is 4.79 Å². The molecule has 3 heteroatoms. The lowest BCUT2D eigenvalue weighted by atomic mass is 9.99. The third-order valence-electron chi connectivity index (χ3n) is 3.05. The Hall–Kier alpha value is -0.150. The van der Waals surface area contributed by atoms with Crippen molar-refractivity contribution in [2.24, 2.45) is 5.92 Å². The molecule has 0 N–H and O–H groups in total. The maximum atomic E-state index is 11.8. The zero-order chi connectivity index (χ0) is 10.7. The maximum absolute atomic E-state index is 11.8. The van der Waals surface area contributed by atoms with Crippen LogP contribution in [-0.2, 0) is 11.2 Å². The Bertz CT molecular complexity index is 339. The monoisotopic (exact) mass is 286 g/mol. The molecule has 0 bridgehead atoms.